The number of amides is 2. The number of benzene rings is 1. The van der Waals surface area contributed by atoms with Gasteiger partial charge in [0.15, 0.2) is 9.84 Å². The Kier molecular flexibility index (Phi) is 5.08. The highest BCUT2D eigenvalue weighted by Gasteiger charge is 2.33. The zero-order chi connectivity index (χ0) is 17.9. The molecule has 0 aliphatic heterocycles. The zero-order valence-electron chi connectivity index (χ0n) is 14.1. The first-order valence-corrected chi connectivity index (χ1v) is 10.3. The molecule has 1 aliphatic carbocycles. The van der Waals surface area contributed by atoms with Crippen molar-refractivity contribution in [1.29, 1.82) is 0 Å². The first-order valence-electron chi connectivity index (χ1n) is 8.30. The Morgan fingerprint density at radius 2 is 1.92 bits per heavy atom. The summed E-state index contributed by atoms with van der Waals surface area (Å²) in [6, 6.07) is 8.72. The molecule has 2 aromatic rings. The summed E-state index contributed by atoms with van der Waals surface area (Å²) in [6.45, 7) is 0. The molecule has 0 bridgehead atoms. The van der Waals surface area contributed by atoms with Gasteiger partial charge in [0.2, 0.25) is 5.95 Å². The van der Waals surface area contributed by atoms with E-state index < -0.39 is 21.1 Å². The van der Waals surface area contributed by atoms with Crippen LogP contribution in [0.25, 0.3) is 5.69 Å². The molecular weight excluding hydrogens is 340 g/mol. The molecule has 0 spiro atoms. The third kappa shape index (κ3) is 4.19. The van der Waals surface area contributed by atoms with Crippen molar-refractivity contribution in [3.63, 3.8) is 0 Å². The minimum absolute atomic E-state index is 0.371. The van der Waals surface area contributed by atoms with Gasteiger partial charge in [0.1, 0.15) is 0 Å². The summed E-state index contributed by atoms with van der Waals surface area (Å²) in [5.41, 5.74) is 0.877. The van der Waals surface area contributed by atoms with Crippen molar-refractivity contribution >= 4 is 21.8 Å². The number of rotatable bonds is 4. The van der Waals surface area contributed by atoms with E-state index in [1.54, 1.807) is 17.0 Å². The van der Waals surface area contributed by atoms with Gasteiger partial charge in [-0.05, 0) is 25.0 Å². The minimum atomic E-state index is -3.20. The summed E-state index contributed by atoms with van der Waals surface area (Å²) >= 11 is 0. The lowest BCUT2D eigenvalue weighted by Crippen LogP contribution is -2.49. The van der Waals surface area contributed by atoms with Crippen molar-refractivity contribution in [3.8, 4) is 5.69 Å². The third-order valence-corrected chi connectivity index (χ3v) is 6.13. The quantitative estimate of drug-likeness (QED) is 0.873. The molecule has 3 rings (SSSR count). The van der Waals surface area contributed by atoms with E-state index in [2.05, 4.69) is 15.6 Å². The van der Waals surface area contributed by atoms with E-state index in [1.165, 1.54) is 6.26 Å². The fourth-order valence-electron chi connectivity index (χ4n) is 3.27. The van der Waals surface area contributed by atoms with Crippen LogP contribution in [0.5, 0.6) is 0 Å². The molecule has 1 heterocycles. The molecular formula is C17H22N4O3S. The summed E-state index contributed by atoms with van der Waals surface area (Å²) in [7, 11) is -3.20. The molecule has 134 valence electrons. The number of hydrogen-bond donors (Lipinski definition) is 2. The molecule has 1 aromatic heterocycles. The Hall–Kier alpha value is -2.35. The van der Waals surface area contributed by atoms with Crippen LogP contribution in [-0.2, 0) is 9.84 Å². The number of nitrogens with zero attached hydrogens (tertiary/aromatic N) is 2. The highest BCUT2D eigenvalue weighted by Crippen LogP contribution is 2.24. The van der Waals surface area contributed by atoms with Crippen LogP contribution in [0.4, 0.5) is 10.7 Å². The van der Waals surface area contributed by atoms with Crippen molar-refractivity contribution in [2.75, 3.05) is 11.6 Å². The SMILES string of the molecule is CS(=O)(=O)[C@@H]1CCCC[C@H]1NC(=O)Nc1nccn1-c1ccccc1. The van der Waals surface area contributed by atoms with Gasteiger partial charge in [-0.25, -0.2) is 18.2 Å². The van der Waals surface area contributed by atoms with E-state index in [0.29, 0.717) is 18.8 Å². The van der Waals surface area contributed by atoms with Crippen molar-refractivity contribution in [2.45, 2.75) is 37.0 Å². The van der Waals surface area contributed by atoms with Crippen molar-refractivity contribution in [2.24, 2.45) is 0 Å². The number of anilines is 1. The average molecular weight is 362 g/mol. The van der Waals surface area contributed by atoms with Crippen LogP contribution >= 0.6 is 0 Å². The number of carbonyl (C=O) groups excluding carboxylic acids is 1. The predicted molar refractivity (Wildman–Crippen MR) is 96.6 cm³/mol. The van der Waals surface area contributed by atoms with Crippen LogP contribution in [0.2, 0.25) is 0 Å². The molecule has 8 heteroatoms. The van der Waals surface area contributed by atoms with Gasteiger partial charge in [-0.15, -0.1) is 0 Å². The van der Waals surface area contributed by atoms with E-state index in [9.17, 15) is 13.2 Å². The van der Waals surface area contributed by atoms with Crippen LogP contribution in [0.1, 0.15) is 25.7 Å². The minimum Gasteiger partial charge on any atom is -0.334 e. The van der Waals surface area contributed by atoms with Crippen LogP contribution < -0.4 is 10.6 Å². The van der Waals surface area contributed by atoms with Crippen molar-refractivity contribution < 1.29 is 13.2 Å². The Labute approximate surface area is 147 Å². The normalized spacial score (nSPS) is 20.8. The average Bonchev–Trinajstić information content (AvgIpc) is 3.03. The molecule has 2 N–H and O–H groups in total. The number of para-hydroxylation sites is 1. The Bertz CT molecular complexity index is 833. The van der Waals surface area contributed by atoms with Gasteiger partial charge >= 0.3 is 6.03 Å². The smallest absolute Gasteiger partial charge is 0.321 e. The summed E-state index contributed by atoms with van der Waals surface area (Å²) < 4.78 is 25.7. The fraction of sp³-hybridized carbons (Fsp3) is 0.412. The van der Waals surface area contributed by atoms with E-state index in [-0.39, 0.29) is 6.04 Å². The molecule has 7 nitrogen and oxygen atoms in total. The highest BCUT2D eigenvalue weighted by atomic mass is 32.2. The second kappa shape index (κ2) is 7.26. The lowest BCUT2D eigenvalue weighted by atomic mass is 9.95. The lowest BCUT2D eigenvalue weighted by molar-refractivity contribution is 0.244. The molecule has 1 aliphatic rings. The first-order chi connectivity index (χ1) is 11.9. The topological polar surface area (TPSA) is 93.1 Å². The zero-order valence-corrected chi connectivity index (χ0v) is 14.9. The van der Waals surface area contributed by atoms with Gasteiger partial charge in [-0.3, -0.25) is 9.88 Å². The van der Waals surface area contributed by atoms with Crippen LogP contribution in [-0.4, -0.2) is 41.5 Å². The summed E-state index contributed by atoms with van der Waals surface area (Å²) in [5.74, 6) is 0.385. The Morgan fingerprint density at radius 3 is 2.64 bits per heavy atom. The number of aromatic nitrogens is 2. The molecule has 1 saturated carbocycles. The Balaban J connectivity index is 1.70. The van der Waals surface area contributed by atoms with Gasteiger partial charge in [-0.1, -0.05) is 31.0 Å². The van der Waals surface area contributed by atoms with Gasteiger partial charge in [-0.2, -0.15) is 0 Å². The van der Waals surface area contributed by atoms with Gasteiger partial charge < -0.3 is 5.32 Å². The summed E-state index contributed by atoms with van der Waals surface area (Å²) in [6.07, 6.45) is 7.62. The number of nitrogens with one attached hydrogen (secondary N) is 2. The molecule has 0 radical (unpaired) electrons. The predicted octanol–water partition coefficient (Wildman–Crippen LogP) is 2.35. The van der Waals surface area contributed by atoms with Crippen molar-refractivity contribution in [3.05, 3.63) is 42.7 Å². The first kappa shape index (κ1) is 17.5. The van der Waals surface area contributed by atoms with Crippen LogP contribution in [0.3, 0.4) is 0 Å². The maximum atomic E-state index is 12.4. The summed E-state index contributed by atoms with van der Waals surface area (Å²) in [4.78, 5) is 16.5. The largest absolute Gasteiger partial charge is 0.334 e. The number of carbonyl (C=O) groups is 1. The maximum Gasteiger partial charge on any atom is 0.321 e. The van der Waals surface area contributed by atoms with Gasteiger partial charge in [0.05, 0.1) is 5.25 Å². The molecule has 2 amide bonds. The van der Waals surface area contributed by atoms with Gasteiger partial charge in [0, 0.05) is 30.4 Å². The second-order valence-electron chi connectivity index (χ2n) is 6.31. The summed E-state index contributed by atoms with van der Waals surface area (Å²) in [5, 5.41) is 5.00. The molecule has 1 fully saturated rings. The molecule has 25 heavy (non-hydrogen) atoms. The van der Waals surface area contributed by atoms with Crippen LogP contribution in [0.15, 0.2) is 42.7 Å². The van der Waals surface area contributed by atoms with Gasteiger partial charge in [0.25, 0.3) is 0 Å². The Morgan fingerprint density at radius 1 is 1.20 bits per heavy atom. The maximum absolute atomic E-state index is 12.4. The molecule has 1 aromatic carbocycles. The second-order valence-corrected chi connectivity index (χ2v) is 8.58. The van der Waals surface area contributed by atoms with E-state index in [0.717, 1.165) is 18.5 Å². The molecule has 0 unspecified atom stereocenters. The van der Waals surface area contributed by atoms with E-state index in [1.807, 2.05) is 30.3 Å². The monoisotopic (exact) mass is 362 g/mol. The van der Waals surface area contributed by atoms with E-state index >= 15 is 0 Å². The van der Waals surface area contributed by atoms with E-state index in [4.69, 9.17) is 0 Å². The fourth-order valence-corrected chi connectivity index (χ4v) is 4.67. The number of sulfone groups is 1. The number of imidazole rings is 1. The number of hydrogen-bond acceptors (Lipinski definition) is 4. The lowest BCUT2D eigenvalue weighted by Gasteiger charge is -2.30. The van der Waals surface area contributed by atoms with Crippen molar-refractivity contribution in [1.82, 2.24) is 14.9 Å². The number of urea groups is 1. The van der Waals surface area contributed by atoms with Crippen LogP contribution in [0, 0.1) is 0 Å². The highest BCUT2D eigenvalue weighted by molar-refractivity contribution is 7.91. The molecule has 0 saturated heterocycles. The standard InChI is InChI=1S/C17H22N4O3S/c1-25(23,24)15-10-6-5-9-14(15)19-17(22)20-16-18-11-12-21(16)13-7-3-2-4-8-13/h2-4,7-8,11-12,14-15H,5-6,9-10H2,1H3,(H2,18,19,20,22)/t14-,15-/m1/s1. The third-order valence-electron chi connectivity index (χ3n) is 4.47. The molecule has 2 atom stereocenters.